The lowest BCUT2D eigenvalue weighted by atomic mass is 10.1. The van der Waals surface area contributed by atoms with Crippen LogP contribution in [0.5, 0.6) is 5.75 Å². The molecule has 1 fully saturated rings. The Bertz CT molecular complexity index is 593. The molecule has 0 bridgehead atoms. The molecule has 1 heteroatoms. The highest BCUT2D eigenvalue weighted by molar-refractivity contribution is 5.52. The molecule has 1 saturated carbocycles. The van der Waals surface area contributed by atoms with Crippen LogP contribution in [0.4, 0.5) is 0 Å². The Morgan fingerprint density at radius 1 is 1.00 bits per heavy atom. The van der Waals surface area contributed by atoms with Gasteiger partial charge in [-0.1, -0.05) is 54.1 Å². The van der Waals surface area contributed by atoms with Crippen LogP contribution in [-0.4, -0.2) is 7.11 Å². The van der Waals surface area contributed by atoms with Crippen molar-refractivity contribution in [2.45, 2.75) is 19.3 Å². The summed E-state index contributed by atoms with van der Waals surface area (Å²) in [6, 6.07) is 17.1. The summed E-state index contributed by atoms with van der Waals surface area (Å²) in [6.45, 7) is 2.14. The third kappa shape index (κ3) is 2.93. The number of benzene rings is 2. The van der Waals surface area contributed by atoms with Gasteiger partial charge in [0.2, 0.25) is 0 Å². The molecule has 0 unspecified atom stereocenters. The van der Waals surface area contributed by atoms with Crippen molar-refractivity contribution in [2.75, 3.05) is 7.11 Å². The summed E-state index contributed by atoms with van der Waals surface area (Å²) in [5.41, 5.74) is 4.04. The fourth-order valence-electron chi connectivity index (χ4n) is 2.57. The van der Waals surface area contributed by atoms with Gasteiger partial charge < -0.3 is 4.74 Å². The first-order chi connectivity index (χ1) is 9.76. The first-order valence-electron chi connectivity index (χ1n) is 7.15. The van der Waals surface area contributed by atoms with Crippen molar-refractivity contribution < 1.29 is 4.74 Å². The number of aryl methyl sites for hydroxylation is 1. The van der Waals surface area contributed by atoms with Gasteiger partial charge in [0.1, 0.15) is 5.75 Å². The zero-order valence-electron chi connectivity index (χ0n) is 12.0. The molecule has 3 rings (SSSR count). The van der Waals surface area contributed by atoms with E-state index in [1.54, 1.807) is 7.11 Å². The topological polar surface area (TPSA) is 9.23 Å². The second-order valence-corrected chi connectivity index (χ2v) is 5.55. The Labute approximate surface area is 120 Å². The van der Waals surface area contributed by atoms with Gasteiger partial charge in [0.15, 0.2) is 0 Å². The van der Waals surface area contributed by atoms with E-state index in [-0.39, 0.29) is 0 Å². The second kappa shape index (κ2) is 5.54. The minimum absolute atomic E-state index is 0.694. The highest BCUT2D eigenvalue weighted by Crippen LogP contribution is 2.48. The van der Waals surface area contributed by atoms with Gasteiger partial charge in [0.25, 0.3) is 0 Å². The van der Waals surface area contributed by atoms with Gasteiger partial charge in [-0.05, 0) is 48.4 Å². The van der Waals surface area contributed by atoms with E-state index < -0.39 is 0 Å². The van der Waals surface area contributed by atoms with E-state index in [0.29, 0.717) is 11.8 Å². The van der Waals surface area contributed by atoms with Crippen LogP contribution in [0, 0.1) is 12.8 Å². The van der Waals surface area contributed by atoms with E-state index in [9.17, 15) is 0 Å². The smallest absolute Gasteiger partial charge is 0.118 e. The van der Waals surface area contributed by atoms with Crippen LogP contribution in [0.2, 0.25) is 0 Å². The van der Waals surface area contributed by atoms with E-state index in [1.807, 2.05) is 12.1 Å². The molecule has 0 amide bonds. The molecule has 0 N–H and O–H groups in total. The minimum Gasteiger partial charge on any atom is -0.497 e. The Kier molecular flexibility index (Phi) is 3.60. The minimum atomic E-state index is 0.694. The van der Waals surface area contributed by atoms with Gasteiger partial charge in [0.05, 0.1) is 7.11 Å². The lowest BCUT2D eigenvalue weighted by Crippen LogP contribution is -1.83. The molecule has 2 aromatic rings. The van der Waals surface area contributed by atoms with Crippen LogP contribution < -0.4 is 4.74 Å². The summed E-state index contributed by atoms with van der Waals surface area (Å²) in [6.07, 6.45) is 5.83. The number of methoxy groups -OCH3 is 1. The summed E-state index contributed by atoms with van der Waals surface area (Å²) < 4.78 is 5.17. The van der Waals surface area contributed by atoms with Crippen LogP contribution in [0.15, 0.2) is 54.6 Å². The van der Waals surface area contributed by atoms with Crippen molar-refractivity contribution in [3.8, 4) is 5.75 Å². The monoisotopic (exact) mass is 264 g/mol. The first kappa shape index (κ1) is 13.0. The van der Waals surface area contributed by atoms with Crippen molar-refractivity contribution in [1.82, 2.24) is 0 Å². The predicted molar refractivity (Wildman–Crippen MR) is 84.1 cm³/mol. The van der Waals surface area contributed by atoms with Crippen molar-refractivity contribution in [1.29, 1.82) is 0 Å². The summed E-state index contributed by atoms with van der Waals surface area (Å²) in [7, 11) is 1.70. The van der Waals surface area contributed by atoms with Gasteiger partial charge in [0, 0.05) is 0 Å². The molecule has 1 aliphatic rings. The van der Waals surface area contributed by atoms with Crippen molar-refractivity contribution in [3.05, 3.63) is 71.3 Å². The maximum absolute atomic E-state index is 5.17. The number of hydrogen-bond donors (Lipinski definition) is 0. The van der Waals surface area contributed by atoms with Crippen LogP contribution in [0.1, 0.15) is 29.0 Å². The zero-order valence-corrected chi connectivity index (χ0v) is 12.0. The molecular weight excluding hydrogens is 244 g/mol. The average molecular weight is 264 g/mol. The van der Waals surface area contributed by atoms with Crippen LogP contribution in [-0.2, 0) is 0 Å². The standard InChI is InChI=1S/C19H20O/c1-14-3-8-16(9-4-14)19-13-17(19)10-5-15-6-11-18(20-2)12-7-15/h3-12,17,19H,13H2,1-2H3/b10-5+/t17-,19-/m0/s1. The third-order valence-electron chi connectivity index (χ3n) is 4.00. The molecule has 2 aromatic carbocycles. The first-order valence-corrected chi connectivity index (χ1v) is 7.15. The molecule has 0 aliphatic heterocycles. The van der Waals surface area contributed by atoms with Crippen molar-refractivity contribution >= 4 is 6.08 Å². The molecule has 20 heavy (non-hydrogen) atoms. The summed E-state index contributed by atoms with van der Waals surface area (Å²) in [5.74, 6) is 2.32. The van der Waals surface area contributed by atoms with Gasteiger partial charge in [-0.15, -0.1) is 0 Å². The van der Waals surface area contributed by atoms with Gasteiger partial charge >= 0.3 is 0 Å². The zero-order chi connectivity index (χ0) is 13.9. The van der Waals surface area contributed by atoms with E-state index in [1.165, 1.54) is 23.1 Å². The number of hydrogen-bond acceptors (Lipinski definition) is 1. The molecule has 0 radical (unpaired) electrons. The SMILES string of the molecule is COc1ccc(/C=C/[C@H]2C[C@H]2c2ccc(C)cc2)cc1. The molecule has 0 heterocycles. The lowest BCUT2D eigenvalue weighted by molar-refractivity contribution is 0.415. The number of ether oxygens (including phenoxy) is 1. The van der Waals surface area contributed by atoms with E-state index in [2.05, 4.69) is 55.5 Å². The number of allylic oxidation sites excluding steroid dienone is 1. The highest BCUT2D eigenvalue weighted by atomic mass is 16.5. The lowest BCUT2D eigenvalue weighted by Gasteiger charge is -2.00. The van der Waals surface area contributed by atoms with Crippen molar-refractivity contribution in [3.63, 3.8) is 0 Å². The fraction of sp³-hybridized carbons (Fsp3) is 0.263. The summed E-state index contributed by atoms with van der Waals surface area (Å²) in [5, 5.41) is 0. The maximum atomic E-state index is 5.17. The van der Waals surface area contributed by atoms with E-state index in [4.69, 9.17) is 4.74 Å². The molecule has 1 aliphatic carbocycles. The second-order valence-electron chi connectivity index (χ2n) is 5.55. The molecule has 1 nitrogen and oxygen atoms in total. The highest BCUT2D eigenvalue weighted by Gasteiger charge is 2.35. The van der Waals surface area contributed by atoms with Gasteiger partial charge in [-0.2, -0.15) is 0 Å². The Hall–Kier alpha value is -2.02. The maximum Gasteiger partial charge on any atom is 0.118 e. The Morgan fingerprint density at radius 3 is 2.35 bits per heavy atom. The molecule has 0 saturated heterocycles. The Balaban J connectivity index is 1.62. The van der Waals surface area contributed by atoms with Crippen molar-refractivity contribution in [2.24, 2.45) is 5.92 Å². The molecule has 0 spiro atoms. The average Bonchev–Trinajstić information content (AvgIpc) is 3.26. The summed E-state index contributed by atoms with van der Waals surface area (Å²) >= 11 is 0. The normalized spacial score (nSPS) is 21.1. The quantitative estimate of drug-likeness (QED) is 0.769. The third-order valence-corrected chi connectivity index (χ3v) is 4.00. The molecular formula is C19H20O. The molecule has 102 valence electrons. The van der Waals surface area contributed by atoms with Crippen LogP contribution in [0.3, 0.4) is 0 Å². The molecule has 2 atom stereocenters. The van der Waals surface area contributed by atoms with Gasteiger partial charge in [-0.3, -0.25) is 0 Å². The fourth-order valence-corrected chi connectivity index (χ4v) is 2.57. The number of rotatable bonds is 4. The van der Waals surface area contributed by atoms with Crippen LogP contribution in [0.25, 0.3) is 6.08 Å². The van der Waals surface area contributed by atoms with Gasteiger partial charge in [-0.25, -0.2) is 0 Å². The van der Waals surface area contributed by atoms with Crippen LogP contribution >= 0.6 is 0 Å². The Morgan fingerprint density at radius 2 is 1.70 bits per heavy atom. The summed E-state index contributed by atoms with van der Waals surface area (Å²) in [4.78, 5) is 0. The van der Waals surface area contributed by atoms with E-state index >= 15 is 0 Å². The largest absolute Gasteiger partial charge is 0.497 e. The van der Waals surface area contributed by atoms with E-state index in [0.717, 1.165) is 5.75 Å². The predicted octanol–water partition coefficient (Wildman–Crippen LogP) is 4.82. The molecule has 0 aromatic heterocycles.